The van der Waals surface area contributed by atoms with Crippen molar-refractivity contribution in [3.05, 3.63) is 54.0 Å². The number of carbonyl (C=O) groups is 1. The van der Waals surface area contributed by atoms with Gasteiger partial charge in [-0.05, 0) is 44.2 Å². The number of benzene rings is 1. The van der Waals surface area contributed by atoms with Gasteiger partial charge in [0.25, 0.3) is 0 Å². The second kappa shape index (κ2) is 10.7. The lowest BCUT2D eigenvalue weighted by Crippen LogP contribution is -2.38. The lowest BCUT2D eigenvalue weighted by atomic mass is 10.1. The second-order valence-electron chi connectivity index (χ2n) is 7.36. The van der Waals surface area contributed by atoms with Crippen LogP contribution in [0, 0.1) is 6.92 Å². The molecule has 0 bridgehead atoms. The zero-order chi connectivity index (χ0) is 21.4. The maximum Gasteiger partial charge on any atom is 0.241 e. The summed E-state index contributed by atoms with van der Waals surface area (Å²) in [5, 5.41) is 2.87. The molecule has 1 atom stereocenters. The molecule has 2 N–H and O–H groups in total. The zero-order valence-electron chi connectivity index (χ0n) is 17.2. The Morgan fingerprint density at radius 2 is 1.90 bits per heavy atom. The van der Waals surface area contributed by atoms with E-state index >= 15 is 0 Å². The van der Waals surface area contributed by atoms with Crippen molar-refractivity contribution in [3.8, 4) is 0 Å². The molecule has 1 fully saturated rings. The van der Waals surface area contributed by atoms with E-state index in [-0.39, 0.29) is 17.2 Å². The third-order valence-electron chi connectivity index (χ3n) is 4.98. The molecule has 0 radical (unpaired) electrons. The first-order chi connectivity index (χ1) is 14.4. The lowest BCUT2D eigenvalue weighted by Gasteiger charge is -2.26. The van der Waals surface area contributed by atoms with Gasteiger partial charge in [-0.2, -0.15) is 4.72 Å². The summed E-state index contributed by atoms with van der Waals surface area (Å²) >= 11 is 0. The summed E-state index contributed by atoms with van der Waals surface area (Å²) in [5.41, 5.74) is 0.966. The average Bonchev–Trinajstić information content (AvgIpc) is 3.27. The van der Waals surface area contributed by atoms with Crippen LogP contribution in [0.4, 0.5) is 0 Å². The molecule has 1 unspecified atom stereocenters. The Morgan fingerprint density at radius 1 is 1.17 bits per heavy atom. The number of amides is 1. The van der Waals surface area contributed by atoms with Crippen LogP contribution in [0.5, 0.6) is 0 Å². The smallest absolute Gasteiger partial charge is 0.241 e. The van der Waals surface area contributed by atoms with Crippen LogP contribution in [0.3, 0.4) is 0 Å². The molecule has 2 heterocycles. The Hall–Kier alpha value is -2.20. The molecule has 8 nitrogen and oxygen atoms in total. The average molecular weight is 436 g/mol. The molecule has 1 amide bonds. The Bertz CT molecular complexity index is 891. The van der Waals surface area contributed by atoms with Crippen LogP contribution >= 0.6 is 0 Å². The summed E-state index contributed by atoms with van der Waals surface area (Å²) in [4.78, 5) is 14.9. The number of hydrogen-bond donors (Lipinski definition) is 2. The number of rotatable bonds is 10. The first kappa shape index (κ1) is 22.5. The predicted octanol–water partition coefficient (Wildman–Crippen LogP) is 1.84. The minimum Gasteiger partial charge on any atom is -0.468 e. The molecular weight excluding hydrogens is 406 g/mol. The summed E-state index contributed by atoms with van der Waals surface area (Å²) in [6.07, 6.45) is 2.24. The van der Waals surface area contributed by atoms with E-state index in [4.69, 9.17) is 9.15 Å². The van der Waals surface area contributed by atoms with Gasteiger partial charge < -0.3 is 14.5 Å². The number of carbonyl (C=O) groups excluding carboxylic acids is 1. The number of aryl methyl sites for hydroxylation is 1. The van der Waals surface area contributed by atoms with Crippen molar-refractivity contribution in [2.75, 3.05) is 39.4 Å². The zero-order valence-corrected chi connectivity index (χ0v) is 18.0. The number of nitrogens with one attached hydrogen (secondary N) is 2. The van der Waals surface area contributed by atoms with Crippen LogP contribution in [0.25, 0.3) is 0 Å². The Morgan fingerprint density at radius 3 is 2.57 bits per heavy atom. The normalized spacial score (nSPS) is 16.3. The first-order valence-corrected chi connectivity index (χ1v) is 11.6. The van der Waals surface area contributed by atoms with Crippen LogP contribution in [-0.2, 0) is 19.6 Å². The number of furan rings is 1. The van der Waals surface area contributed by atoms with E-state index < -0.39 is 16.1 Å². The topological polar surface area (TPSA) is 101 Å². The van der Waals surface area contributed by atoms with Crippen molar-refractivity contribution in [3.63, 3.8) is 0 Å². The van der Waals surface area contributed by atoms with Crippen molar-refractivity contribution < 1.29 is 22.4 Å². The van der Waals surface area contributed by atoms with E-state index in [0.29, 0.717) is 12.3 Å². The molecule has 1 aromatic heterocycles. The van der Waals surface area contributed by atoms with Gasteiger partial charge in [0.1, 0.15) is 5.76 Å². The predicted molar refractivity (Wildman–Crippen MR) is 112 cm³/mol. The van der Waals surface area contributed by atoms with Gasteiger partial charge in [-0.25, -0.2) is 8.42 Å². The van der Waals surface area contributed by atoms with Crippen LogP contribution in [-0.4, -0.2) is 58.6 Å². The number of nitrogens with zero attached hydrogens (tertiary/aromatic N) is 1. The molecule has 1 aromatic carbocycles. The first-order valence-electron chi connectivity index (χ1n) is 10.1. The minimum atomic E-state index is -3.80. The molecular formula is C21H29N3O5S. The van der Waals surface area contributed by atoms with Gasteiger partial charge in [0.15, 0.2) is 0 Å². The van der Waals surface area contributed by atoms with Crippen LogP contribution < -0.4 is 10.0 Å². The third-order valence-corrected chi connectivity index (χ3v) is 6.47. The second-order valence-corrected chi connectivity index (χ2v) is 9.08. The van der Waals surface area contributed by atoms with Gasteiger partial charge in [-0.1, -0.05) is 17.7 Å². The van der Waals surface area contributed by atoms with Crippen molar-refractivity contribution in [1.29, 1.82) is 0 Å². The number of ether oxygens (including phenoxy) is 1. The van der Waals surface area contributed by atoms with Gasteiger partial charge in [0.2, 0.25) is 15.9 Å². The third kappa shape index (κ3) is 6.66. The van der Waals surface area contributed by atoms with Crippen molar-refractivity contribution in [1.82, 2.24) is 14.9 Å². The summed E-state index contributed by atoms with van der Waals surface area (Å²) in [6.45, 7) is 6.64. The summed E-state index contributed by atoms with van der Waals surface area (Å²) in [6, 6.07) is 9.10. The van der Waals surface area contributed by atoms with Crippen LogP contribution in [0.1, 0.15) is 30.2 Å². The van der Waals surface area contributed by atoms with Gasteiger partial charge in [0.05, 0.1) is 36.8 Å². The van der Waals surface area contributed by atoms with Gasteiger partial charge in [-0.3, -0.25) is 9.69 Å². The largest absolute Gasteiger partial charge is 0.468 e. The van der Waals surface area contributed by atoms with E-state index in [1.165, 1.54) is 6.26 Å². The van der Waals surface area contributed by atoms with E-state index in [1.807, 2.05) is 6.92 Å². The molecule has 164 valence electrons. The van der Waals surface area contributed by atoms with E-state index in [0.717, 1.165) is 44.8 Å². The number of sulfonamides is 1. The lowest BCUT2D eigenvalue weighted by molar-refractivity contribution is -0.121. The highest BCUT2D eigenvalue weighted by atomic mass is 32.2. The quantitative estimate of drug-likeness (QED) is 0.552. The van der Waals surface area contributed by atoms with Crippen molar-refractivity contribution in [2.24, 2.45) is 0 Å². The van der Waals surface area contributed by atoms with E-state index in [9.17, 15) is 13.2 Å². The highest BCUT2D eigenvalue weighted by Crippen LogP contribution is 2.21. The van der Waals surface area contributed by atoms with E-state index in [1.54, 1.807) is 36.4 Å². The standard InChI is InChI=1S/C21H29N3O5S/c1-17-5-7-18(8-6-17)30(26,27)23-19(20-4-2-13-29-20)16-21(25)22-9-3-10-24-11-14-28-15-12-24/h2,4-8,13,19,23H,3,9-12,14-16H2,1H3,(H,22,25). The fourth-order valence-corrected chi connectivity index (χ4v) is 4.48. The maximum absolute atomic E-state index is 12.8. The molecule has 0 aliphatic carbocycles. The Labute approximate surface area is 177 Å². The van der Waals surface area contributed by atoms with E-state index in [2.05, 4.69) is 14.9 Å². The summed E-state index contributed by atoms with van der Waals surface area (Å²) in [7, 11) is -3.80. The molecule has 30 heavy (non-hydrogen) atoms. The van der Waals surface area contributed by atoms with Gasteiger partial charge >= 0.3 is 0 Å². The monoisotopic (exact) mass is 435 g/mol. The van der Waals surface area contributed by atoms with Gasteiger partial charge in [-0.15, -0.1) is 0 Å². The fraction of sp³-hybridized carbons (Fsp3) is 0.476. The molecule has 1 aliphatic heterocycles. The summed E-state index contributed by atoms with van der Waals surface area (Å²) in [5.74, 6) is 0.166. The fourth-order valence-electron chi connectivity index (χ4n) is 3.28. The van der Waals surface area contributed by atoms with Gasteiger partial charge in [0, 0.05) is 19.6 Å². The van der Waals surface area contributed by atoms with Crippen molar-refractivity contribution in [2.45, 2.75) is 30.7 Å². The molecule has 9 heteroatoms. The van der Waals surface area contributed by atoms with Crippen molar-refractivity contribution >= 4 is 15.9 Å². The minimum absolute atomic E-state index is 0.0455. The molecule has 2 aromatic rings. The van der Waals surface area contributed by atoms with Crippen LogP contribution in [0.15, 0.2) is 52.0 Å². The molecule has 1 saturated heterocycles. The molecule has 0 saturated carbocycles. The Kier molecular flexibility index (Phi) is 8.03. The number of hydrogen-bond acceptors (Lipinski definition) is 6. The molecule has 1 aliphatic rings. The maximum atomic E-state index is 12.8. The Balaban J connectivity index is 1.55. The highest BCUT2D eigenvalue weighted by Gasteiger charge is 2.25. The highest BCUT2D eigenvalue weighted by molar-refractivity contribution is 7.89. The molecule has 3 rings (SSSR count). The molecule has 0 spiro atoms. The van der Waals surface area contributed by atoms with Crippen LogP contribution in [0.2, 0.25) is 0 Å². The SMILES string of the molecule is Cc1ccc(S(=O)(=O)NC(CC(=O)NCCCN2CCOCC2)c2ccco2)cc1. The summed E-state index contributed by atoms with van der Waals surface area (Å²) < 4.78 is 38.8. The number of morpholine rings is 1.